The molecule has 0 saturated heterocycles. The van der Waals surface area contributed by atoms with Crippen LogP contribution < -0.4 is 5.73 Å². The maximum absolute atomic E-state index is 5.84. The van der Waals surface area contributed by atoms with E-state index in [9.17, 15) is 0 Å². The number of benzene rings is 2. The van der Waals surface area contributed by atoms with E-state index in [1.165, 1.54) is 47.3 Å². The number of nitrogens with two attached hydrogens (primary N) is 1. The average molecular weight is 495 g/mol. The van der Waals surface area contributed by atoms with Crippen molar-refractivity contribution in [1.29, 1.82) is 0 Å². The minimum atomic E-state index is 0.777. The second kappa shape index (κ2) is 7.06. The molecule has 1 aliphatic rings. The van der Waals surface area contributed by atoms with Crippen LogP contribution in [0.15, 0.2) is 81.3 Å². The normalized spacial score (nSPS) is 13.3. The molecule has 2 aromatic carbocycles. The first-order chi connectivity index (χ1) is 11.2. The molecule has 2 nitrogen and oxygen atoms in total. The molecule has 0 saturated carbocycles. The Morgan fingerprint density at radius 3 is 1.87 bits per heavy atom. The number of nitrogens with zero attached hydrogens (tertiary/aromatic N) is 1. The van der Waals surface area contributed by atoms with Crippen molar-refractivity contribution in [2.45, 2.75) is 6.92 Å². The van der Waals surface area contributed by atoms with E-state index in [0.29, 0.717) is 0 Å². The van der Waals surface area contributed by atoms with Crippen LogP contribution in [0.3, 0.4) is 0 Å². The quantitative estimate of drug-likeness (QED) is 0.617. The average Bonchev–Trinajstić information content (AvgIpc) is 2.59. The molecular weight excluding hydrogens is 478 g/mol. The van der Waals surface area contributed by atoms with E-state index in [-0.39, 0.29) is 0 Å². The molecule has 0 radical (unpaired) electrons. The molecule has 2 aromatic rings. The molecule has 0 unspecified atom stereocenters. The number of rotatable bonds is 2. The molecule has 0 amide bonds. The van der Waals surface area contributed by atoms with Crippen LogP contribution in [0.2, 0.25) is 0 Å². The van der Waals surface area contributed by atoms with Gasteiger partial charge in [0.25, 0.3) is 0 Å². The van der Waals surface area contributed by atoms with Crippen molar-refractivity contribution in [2.24, 2.45) is 2.94 Å². The van der Waals surface area contributed by atoms with Crippen LogP contribution in [-0.4, -0.2) is 5.71 Å². The molecule has 0 spiro atoms. The number of anilines is 1. The molecule has 0 atom stereocenters. The van der Waals surface area contributed by atoms with Crippen LogP contribution in [0.4, 0.5) is 5.69 Å². The van der Waals surface area contributed by atoms with E-state index < -0.39 is 0 Å². The molecule has 114 valence electrons. The van der Waals surface area contributed by atoms with Gasteiger partial charge in [0.15, 0.2) is 0 Å². The third-order valence-electron chi connectivity index (χ3n) is 3.79. The first-order valence-corrected chi connectivity index (χ1v) is 8.71. The SMILES string of the molecule is Cc1ccc(C(=C2C=CC(=N[At])C=C2)c2ccc(N)cc2)cc1. The Bertz CT molecular complexity index is 757. The summed E-state index contributed by atoms with van der Waals surface area (Å²) in [5, 5.41) is 0. The van der Waals surface area contributed by atoms with Crippen molar-refractivity contribution in [3.8, 4) is 0 Å². The number of nitrogen functional groups attached to an aromatic ring is 1. The molecule has 0 heterocycles. The molecule has 1 aliphatic carbocycles. The molecule has 0 bridgehead atoms. The minimum absolute atomic E-state index is 0.777. The monoisotopic (exact) mass is 495 g/mol. The van der Waals surface area contributed by atoms with E-state index >= 15 is 0 Å². The summed E-state index contributed by atoms with van der Waals surface area (Å²) in [6.45, 7) is 2.10. The molecule has 0 fully saturated rings. The van der Waals surface area contributed by atoms with E-state index in [1.54, 1.807) is 0 Å². The van der Waals surface area contributed by atoms with Gasteiger partial charge in [0, 0.05) is 0 Å². The number of allylic oxidation sites excluding steroid dienone is 5. The van der Waals surface area contributed by atoms with E-state index in [2.05, 4.69) is 70.6 Å². The summed E-state index contributed by atoms with van der Waals surface area (Å²) in [6, 6.07) is 16.7. The predicted octanol–water partition coefficient (Wildman–Crippen LogP) is 4.41. The zero-order chi connectivity index (χ0) is 16.2. The Morgan fingerprint density at radius 2 is 1.35 bits per heavy atom. The van der Waals surface area contributed by atoms with Crippen molar-refractivity contribution in [3.63, 3.8) is 0 Å². The van der Waals surface area contributed by atoms with E-state index in [0.717, 1.165) is 17.0 Å². The first-order valence-electron chi connectivity index (χ1n) is 7.40. The summed E-state index contributed by atoms with van der Waals surface area (Å²) in [5.41, 5.74) is 13.6. The van der Waals surface area contributed by atoms with Crippen LogP contribution >= 0.6 is 0 Å². The van der Waals surface area contributed by atoms with Gasteiger partial charge in [-0.3, -0.25) is 0 Å². The van der Waals surface area contributed by atoms with Crippen molar-refractivity contribution in [1.82, 2.24) is 0 Å². The van der Waals surface area contributed by atoms with Crippen LogP contribution in [0.5, 0.6) is 0 Å². The Labute approximate surface area is 152 Å². The number of hydrogen-bond acceptors (Lipinski definition) is 2. The van der Waals surface area contributed by atoms with Gasteiger partial charge in [-0.25, -0.2) is 0 Å². The van der Waals surface area contributed by atoms with Gasteiger partial charge in [-0.15, -0.1) is 0 Å². The van der Waals surface area contributed by atoms with Crippen molar-refractivity contribution < 1.29 is 25.0 Å². The summed E-state index contributed by atoms with van der Waals surface area (Å²) >= 11 is 1.41. The van der Waals surface area contributed by atoms with Crippen LogP contribution in [0.25, 0.3) is 5.57 Å². The summed E-state index contributed by atoms with van der Waals surface area (Å²) in [5.74, 6) is 0. The fraction of sp³-hybridized carbons (Fsp3) is 0.0500. The summed E-state index contributed by atoms with van der Waals surface area (Å²) in [6.07, 6.45) is 8.37. The summed E-state index contributed by atoms with van der Waals surface area (Å²) in [7, 11) is 0. The zero-order valence-corrected chi connectivity index (χ0v) is 15.8. The van der Waals surface area contributed by atoms with Crippen molar-refractivity contribution in [3.05, 3.63) is 95.1 Å². The standard InChI is InChI=1S/C20H17AtN2/c1-14-2-4-15(5-3-14)20(16-6-10-18(22)11-7-16)17-8-12-19(23-21)13-9-17/h2-13H,22H2,1H3. The van der Waals surface area contributed by atoms with Crippen LogP contribution in [-0.2, 0) is 0 Å². The van der Waals surface area contributed by atoms with Gasteiger partial charge in [-0.05, 0) is 0 Å². The van der Waals surface area contributed by atoms with Gasteiger partial charge in [-0.2, -0.15) is 0 Å². The fourth-order valence-corrected chi connectivity index (χ4v) is 2.99. The Morgan fingerprint density at radius 1 is 0.826 bits per heavy atom. The van der Waals surface area contributed by atoms with Gasteiger partial charge in [0.05, 0.1) is 0 Å². The Balaban J connectivity index is 2.17. The molecule has 0 aromatic heterocycles. The third-order valence-corrected chi connectivity index (χ3v) is 4.55. The Kier molecular flexibility index (Phi) is 4.88. The van der Waals surface area contributed by atoms with Crippen molar-refractivity contribution >= 4 is 17.0 Å². The Hall–Kier alpha value is -1.99. The molecule has 2 N–H and O–H groups in total. The molecule has 0 aliphatic heterocycles. The summed E-state index contributed by atoms with van der Waals surface area (Å²) < 4.78 is 4.27. The van der Waals surface area contributed by atoms with Gasteiger partial charge in [0.1, 0.15) is 0 Å². The second-order valence-corrected chi connectivity index (χ2v) is 6.15. The zero-order valence-electron chi connectivity index (χ0n) is 12.8. The predicted molar refractivity (Wildman–Crippen MR) is 93.8 cm³/mol. The van der Waals surface area contributed by atoms with Gasteiger partial charge < -0.3 is 0 Å². The van der Waals surface area contributed by atoms with Crippen molar-refractivity contribution in [2.75, 3.05) is 5.73 Å². The van der Waals surface area contributed by atoms with Gasteiger partial charge >= 0.3 is 153 Å². The second-order valence-electron chi connectivity index (χ2n) is 5.49. The number of hydrogen-bond donors (Lipinski definition) is 1. The number of aryl methyl sites for hydroxylation is 1. The molecule has 3 heteroatoms. The first kappa shape index (κ1) is 15.9. The van der Waals surface area contributed by atoms with E-state index in [1.807, 2.05) is 12.1 Å². The topological polar surface area (TPSA) is 38.4 Å². The van der Waals surface area contributed by atoms with Gasteiger partial charge in [0.2, 0.25) is 0 Å². The summed E-state index contributed by atoms with van der Waals surface area (Å²) in [4.78, 5) is 0. The molecular formula is C20H17AtN2. The molecule has 3 rings (SSSR count). The van der Waals surface area contributed by atoms with E-state index in [4.69, 9.17) is 5.73 Å². The van der Waals surface area contributed by atoms with Gasteiger partial charge in [-0.1, -0.05) is 0 Å². The maximum atomic E-state index is 5.84. The van der Waals surface area contributed by atoms with Crippen LogP contribution in [0.1, 0.15) is 16.7 Å². The van der Waals surface area contributed by atoms with Crippen LogP contribution in [0, 0.1) is 31.9 Å². The fourth-order valence-electron chi connectivity index (χ4n) is 2.55. The molecule has 23 heavy (non-hydrogen) atoms. The third kappa shape index (κ3) is 3.68.